The maximum atomic E-state index is 12.1. The molecule has 2 rings (SSSR count). The molecule has 0 spiro atoms. The van der Waals surface area contributed by atoms with Crippen LogP contribution in [0, 0.1) is 5.92 Å². The average molecular weight is 233 g/mol. The van der Waals surface area contributed by atoms with Crippen molar-refractivity contribution in [3.8, 4) is 0 Å². The van der Waals surface area contributed by atoms with Gasteiger partial charge in [-0.25, -0.2) is 0 Å². The molecule has 2 aliphatic heterocycles. The Bertz CT molecular complexity index is 450. The Balaban J connectivity index is 2.24. The van der Waals surface area contributed by atoms with Crippen molar-refractivity contribution in [2.45, 2.75) is 26.7 Å². The fourth-order valence-corrected chi connectivity index (χ4v) is 1.89. The van der Waals surface area contributed by atoms with Crippen molar-refractivity contribution in [3.63, 3.8) is 0 Å². The van der Waals surface area contributed by atoms with E-state index in [4.69, 9.17) is 5.53 Å². The van der Waals surface area contributed by atoms with Gasteiger partial charge in [-0.3, -0.25) is 4.79 Å². The SMILES string of the molecule is CC(C)C1=NC(=[N+]=[N-])C(C(=O)N2CCCC2)=N1. The number of nitrogens with zero attached hydrogens (tertiary/aromatic N) is 5. The summed E-state index contributed by atoms with van der Waals surface area (Å²) in [5.74, 6) is 0.497. The van der Waals surface area contributed by atoms with Crippen LogP contribution in [0.5, 0.6) is 0 Å². The molecule has 0 N–H and O–H groups in total. The maximum Gasteiger partial charge on any atom is 0.434 e. The molecule has 1 saturated heterocycles. The smallest absolute Gasteiger partial charge is 0.434 e. The Labute approximate surface area is 99.7 Å². The molecule has 6 heteroatoms. The lowest BCUT2D eigenvalue weighted by Crippen LogP contribution is -2.37. The fourth-order valence-electron chi connectivity index (χ4n) is 1.89. The van der Waals surface area contributed by atoms with E-state index in [2.05, 4.69) is 14.8 Å². The summed E-state index contributed by atoms with van der Waals surface area (Å²) in [6, 6.07) is 0. The van der Waals surface area contributed by atoms with Gasteiger partial charge in [0.15, 0.2) is 0 Å². The molecule has 2 heterocycles. The largest absolute Gasteiger partial charge is 0.497 e. The van der Waals surface area contributed by atoms with Gasteiger partial charge in [-0.15, -0.1) is 0 Å². The second-order valence-electron chi connectivity index (χ2n) is 4.51. The number of likely N-dealkylation sites (tertiary alicyclic amines) is 1. The average Bonchev–Trinajstić information content (AvgIpc) is 2.97. The van der Waals surface area contributed by atoms with E-state index in [1.54, 1.807) is 4.90 Å². The minimum Gasteiger partial charge on any atom is -0.497 e. The first kappa shape index (κ1) is 11.7. The number of hydrogen-bond acceptors (Lipinski definition) is 2. The van der Waals surface area contributed by atoms with Gasteiger partial charge in [-0.2, -0.15) is 4.99 Å². The molecule has 0 aromatic rings. The number of hydrogen-bond donors (Lipinski definition) is 0. The van der Waals surface area contributed by atoms with Crippen molar-refractivity contribution in [3.05, 3.63) is 5.53 Å². The summed E-state index contributed by atoms with van der Waals surface area (Å²) >= 11 is 0. The Kier molecular flexibility index (Phi) is 3.15. The van der Waals surface area contributed by atoms with Crippen LogP contribution >= 0.6 is 0 Å². The number of amides is 1. The molecule has 0 radical (unpaired) electrons. The van der Waals surface area contributed by atoms with Crippen LogP contribution in [0.1, 0.15) is 26.7 Å². The highest BCUT2D eigenvalue weighted by Crippen LogP contribution is 2.13. The molecule has 0 saturated carbocycles. The zero-order valence-electron chi connectivity index (χ0n) is 10.1. The monoisotopic (exact) mass is 233 g/mol. The molecule has 0 atom stereocenters. The topological polar surface area (TPSA) is 81.4 Å². The highest BCUT2D eigenvalue weighted by molar-refractivity contribution is 6.68. The summed E-state index contributed by atoms with van der Waals surface area (Å²) in [4.78, 5) is 25.1. The van der Waals surface area contributed by atoms with Crippen molar-refractivity contribution in [1.82, 2.24) is 4.90 Å². The first-order valence-corrected chi connectivity index (χ1v) is 5.82. The molecule has 2 aliphatic rings. The molecular formula is C11H15N5O. The van der Waals surface area contributed by atoms with Crippen LogP contribution in [0.4, 0.5) is 0 Å². The van der Waals surface area contributed by atoms with Crippen LogP contribution < -0.4 is 0 Å². The quantitative estimate of drug-likeness (QED) is 0.511. The molecule has 0 unspecified atom stereocenters. The van der Waals surface area contributed by atoms with Crippen molar-refractivity contribution in [2.75, 3.05) is 13.1 Å². The summed E-state index contributed by atoms with van der Waals surface area (Å²) in [6.07, 6.45) is 2.03. The molecule has 6 nitrogen and oxygen atoms in total. The molecule has 0 aromatic heterocycles. The Hall–Kier alpha value is -1.81. The standard InChI is InChI=1S/C11H15N5O/c1-7(2)9-13-8(10(14-9)15-12)11(17)16-5-3-4-6-16/h7H,3-6H2,1-2H3. The van der Waals surface area contributed by atoms with Gasteiger partial charge < -0.3 is 15.2 Å². The van der Waals surface area contributed by atoms with E-state index in [9.17, 15) is 4.79 Å². The van der Waals surface area contributed by atoms with E-state index in [0.29, 0.717) is 5.84 Å². The lowest BCUT2D eigenvalue weighted by molar-refractivity contribution is -0.123. The van der Waals surface area contributed by atoms with Crippen LogP contribution in [0.25, 0.3) is 5.53 Å². The molecule has 1 amide bonds. The number of amidine groups is 2. The Morgan fingerprint density at radius 1 is 1.35 bits per heavy atom. The predicted molar refractivity (Wildman–Crippen MR) is 64.1 cm³/mol. The molecule has 1 fully saturated rings. The van der Waals surface area contributed by atoms with Crippen LogP contribution in [0.3, 0.4) is 0 Å². The summed E-state index contributed by atoms with van der Waals surface area (Å²) in [6.45, 7) is 5.35. The zero-order chi connectivity index (χ0) is 12.4. The molecule has 17 heavy (non-hydrogen) atoms. The first-order valence-electron chi connectivity index (χ1n) is 5.82. The number of aliphatic imine (C=N–C) groups is 2. The highest BCUT2D eigenvalue weighted by atomic mass is 16.2. The van der Waals surface area contributed by atoms with Gasteiger partial charge in [-0.05, 0) is 17.8 Å². The van der Waals surface area contributed by atoms with Gasteiger partial charge in [0.25, 0.3) is 5.91 Å². The van der Waals surface area contributed by atoms with Crippen molar-refractivity contribution in [1.29, 1.82) is 0 Å². The van der Waals surface area contributed by atoms with E-state index >= 15 is 0 Å². The van der Waals surface area contributed by atoms with Crippen molar-refractivity contribution in [2.24, 2.45) is 15.9 Å². The normalized spacial score (nSPS) is 19.5. The van der Waals surface area contributed by atoms with E-state index in [0.717, 1.165) is 25.9 Å². The second kappa shape index (κ2) is 4.59. The highest BCUT2D eigenvalue weighted by Gasteiger charge is 2.37. The van der Waals surface area contributed by atoms with Gasteiger partial charge in [0, 0.05) is 19.0 Å². The molecule has 90 valence electrons. The van der Waals surface area contributed by atoms with Crippen LogP contribution in [-0.2, 0) is 4.79 Å². The van der Waals surface area contributed by atoms with E-state index in [1.807, 2.05) is 13.8 Å². The minimum absolute atomic E-state index is 0.0330. The van der Waals surface area contributed by atoms with E-state index in [1.165, 1.54) is 0 Å². The predicted octanol–water partition coefficient (Wildman–Crippen LogP) is 0.746. The van der Waals surface area contributed by atoms with Crippen LogP contribution in [-0.4, -0.2) is 46.1 Å². The van der Waals surface area contributed by atoms with Gasteiger partial charge in [0.05, 0.1) is 0 Å². The summed E-state index contributed by atoms with van der Waals surface area (Å²) in [5, 5.41) is 0. The zero-order valence-corrected chi connectivity index (χ0v) is 10.1. The Morgan fingerprint density at radius 3 is 2.53 bits per heavy atom. The van der Waals surface area contributed by atoms with Gasteiger partial charge >= 0.3 is 5.84 Å². The van der Waals surface area contributed by atoms with Crippen molar-refractivity contribution >= 4 is 23.3 Å². The van der Waals surface area contributed by atoms with Gasteiger partial charge in [0.2, 0.25) is 11.5 Å². The van der Waals surface area contributed by atoms with Crippen LogP contribution in [0.15, 0.2) is 9.98 Å². The van der Waals surface area contributed by atoms with Crippen molar-refractivity contribution < 1.29 is 9.58 Å². The summed E-state index contributed by atoms with van der Waals surface area (Å²) in [5.41, 5.74) is 9.02. The lowest BCUT2D eigenvalue weighted by Gasteiger charge is -2.12. The first-order chi connectivity index (χ1) is 8.13. The number of rotatable bonds is 2. The third-order valence-corrected chi connectivity index (χ3v) is 2.87. The van der Waals surface area contributed by atoms with Gasteiger partial charge in [-0.1, -0.05) is 13.8 Å². The fraction of sp³-hybridized carbons (Fsp3) is 0.636. The maximum absolute atomic E-state index is 12.1. The number of carbonyl (C=O) groups is 1. The minimum atomic E-state index is -0.185. The van der Waals surface area contributed by atoms with E-state index < -0.39 is 0 Å². The molecular weight excluding hydrogens is 218 g/mol. The lowest BCUT2D eigenvalue weighted by atomic mass is 10.2. The van der Waals surface area contributed by atoms with Crippen LogP contribution in [0.2, 0.25) is 0 Å². The third-order valence-electron chi connectivity index (χ3n) is 2.87. The summed E-state index contributed by atoms with van der Waals surface area (Å²) < 4.78 is 0. The molecule has 0 aliphatic carbocycles. The third kappa shape index (κ3) is 2.17. The molecule has 0 aromatic carbocycles. The van der Waals surface area contributed by atoms with E-state index in [-0.39, 0.29) is 23.4 Å². The molecule has 0 bridgehead atoms. The van der Waals surface area contributed by atoms with Gasteiger partial charge in [0.1, 0.15) is 0 Å². The Morgan fingerprint density at radius 2 is 2.00 bits per heavy atom. The second-order valence-corrected chi connectivity index (χ2v) is 4.51. The number of carbonyl (C=O) groups excluding carboxylic acids is 1. The summed E-state index contributed by atoms with van der Waals surface area (Å²) in [7, 11) is 0.